The third-order valence-corrected chi connectivity index (χ3v) is 4.40. The van der Waals surface area contributed by atoms with Gasteiger partial charge in [-0.25, -0.2) is 0 Å². The molecule has 2 aromatic rings. The van der Waals surface area contributed by atoms with Crippen molar-refractivity contribution < 1.29 is 4.79 Å². The lowest BCUT2D eigenvalue weighted by Crippen LogP contribution is -2.44. The van der Waals surface area contributed by atoms with E-state index in [1.165, 1.54) is 22.3 Å². The number of carbonyl (C=O) groups excluding carboxylic acids is 1. The molecule has 1 heterocycles. The highest BCUT2D eigenvalue weighted by Gasteiger charge is 2.23. The van der Waals surface area contributed by atoms with Crippen molar-refractivity contribution in [2.24, 2.45) is 0 Å². The minimum atomic E-state index is -0.165. The molecule has 3 nitrogen and oxygen atoms in total. The number of hydrogen-bond donors (Lipinski definition) is 2. The number of nitrogens with one attached hydrogen (secondary N) is 2. The third-order valence-electron chi connectivity index (χ3n) is 4.40. The first-order valence-electron chi connectivity index (χ1n) is 7.88. The van der Waals surface area contributed by atoms with Gasteiger partial charge in [-0.1, -0.05) is 37.3 Å². The monoisotopic (exact) mass is 294 g/mol. The van der Waals surface area contributed by atoms with Gasteiger partial charge in [0.05, 0.1) is 6.04 Å². The van der Waals surface area contributed by atoms with Crippen LogP contribution in [0.5, 0.6) is 0 Å². The van der Waals surface area contributed by atoms with Crippen molar-refractivity contribution in [3.63, 3.8) is 0 Å². The quantitative estimate of drug-likeness (QED) is 0.912. The molecule has 3 rings (SSSR count). The lowest BCUT2D eigenvalue weighted by Gasteiger charge is -2.25. The van der Waals surface area contributed by atoms with Crippen LogP contribution in [0.25, 0.3) is 0 Å². The average Bonchev–Trinajstić information content (AvgIpc) is 2.56. The minimum Gasteiger partial charge on any atom is -0.325 e. The summed E-state index contributed by atoms with van der Waals surface area (Å²) in [5.41, 5.74) is 5.98. The number of hydrogen-bond acceptors (Lipinski definition) is 2. The number of benzene rings is 2. The van der Waals surface area contributed by atoms with E-state index < -0.39 is 0 Å². The third kappa shape index (κ3) is 3.04. The lowest BCUT2D eigenvalue weighted by atomic mass is 9.95. The highest BCUT2D eigenvalue weighted by molar-refractivity contribution is 5.95. The molecule has 0 spiro atoms. The fraction of sp³-hybridized carbons (Fsp3) is 0.316. The van der Waals surface area contributed by atoms with E-state index in [9.17, 15) is 4.79 Å². The van der Waals surface area contributed by atoms with Crippen molar-refractivity contribution in [3.8, 4) is 0 Å². The second-order valence-corrected chi connectivity index (χ2v) is 5.89. The van der Waals surface area contributed by atoms with Crippen LogP contribution in [-0.2, 0) is 24.2 Å². The molecule has 1 amide bonds. The van der Waals surface area contributed by atoms with E-state index in [1.807, 2.05) is 18.2 Å². The minimum absolute atomic E-state index is 0.0420. The maximum absolute atomic E-state index is 12.5. The second kappa shape index (κ2) is 6.32. The van der Waals surface area contributed by atoms with Crippen LogP contribution in [0.3, 0.4) is 0 Å². The lowest BCUT2D eigenvalue weighted by molar-refractivity contribution is -0.118. The molecule has 0 fully saturated rings. The van der Waals surface area contributed by atoms with Gasteiger partial charge in [0, 0.05) is 12.2 Å². The fourth-order valence-corrected chi connectivity index (χ4v) is 3.00. The van der Waals surface area contributed by atoms with Crippen LogP contribution in [0.4, 0.5) is 5.69 Å². The topological polar surface area (TPSA) is 41.1 Å². The van der Waals surface area contributed by atoms with Crippen LogP contribution in [0, 0.1) is 6.92 Å². The van der Waals surface area contributed by atoms with E-state index in [1.54, 1.807) is 0 Å². The van der Waals surface area contributed by atoms with Crippen LogP contribution in [-0.4, -0.2) is 11.9 Å². The predicted octanol–water partition coefficient (Wildman–Crippen LogP) is 3.21. The van der Waals surface area contributed by atoms with Crippen LogP contribution < -0.4 is 10.6 Å². The first-order valence-corrected chi connectivity index (χ1v) is 7.88. The molecule has 1 aliphatic heterocycles. The molecule has 1 unspecified atom stereocenters. The molecular weight excluding hydrogens is 272 g/mol. The van der Waals surface area contributed by atoms with Crippen LogP contribution in [0.15, 0.2) is 42.5 Å². The Morgan fingerprint density at radius 3 is 2.77 bits per heavy atom. The molecule has 0 saturated heterocycles. The van der Waals surface area contributed by atoms with Crippen molar-refractivity contribution in [1.82, 2.24) is 5.32 Å². The van der Waals surface area contributed by atoms with Gasteiger partial charge in [-0.2, -0.15) is 0 Å². The van der Waals surface area contributed by atoms with Crippen molar-refractivity contribution >= 4 is 11.6 Å². The molecule has 2 N–H and O–H groups in total. The van der Waals surface area contributed by atoms with Gasteiger partial charge in [-0.15, -0.1) is 0 Å². The van der Waals surface area contributed by atoms with Crippen molar-refractivity contribution in [2.45, 2.75) is 39.3 Å². The zero-order chi connectivity index (χ0) is 15.5. The molecule has 1 aliphatic rings. The summed E-state index contributed by atoms with van der Waals surface area (Å²) in [5, 5.41) is 6.37. The molecule has 0 saturated carbocycles. The van der Waals surface area contributed by atoms with Gasteiger partial charge in [-0.3, -0.25) is 4.79 Å². The second-order valence-electron chi connectivity index (χ2n) is 5.89. The Morgan fingerprint density at radius 1 is 1.23 bits per heavy atom. The van der Waals surface area contributed by atoms with Gasteiger partial charge < -0.3 is 10.6 Å². The molecule has 1 atom stereocenters. The number of anilines is 1. The number of aryl methyl sites for hydroxylation is 2. The van der Waals surface area contributed by atoms with E-state index in [0.717, 1.165) is 25.1 Å². The number of rotatable bonds is 3. The zero-order valence-corrected chi connectivity index (χ0v) is 13.1. The van der Waals surface area contributed by atoms with Crippen molar-refractivity contribution in [1.29, 1.82) is 0 Å². The molecule has 0 radical (unpaired) electrons. The SMILES string of the molecule is CCc1cc(NC(=O)C2Cc3ccccc3CN2)ccc1C. The van der Waals surface area contributed by atoms with Gasteiger partial charge in [-0.05, 0) is 54.2 Å². The molecule has 3 heteroatoms. The normalized spacial score (nSPS) is 16.9. The Hall–Kier alpha value is -2.13. The fourth-order valence-electron chi connectivity index (χ4n) is 3.00. The first-order chi connectivity index (χ1) is 10.7. The molecule has 22 heavy (non-hydrogen) atoms. The summed E-state index contributed by atoms with van der Waals surface area (Å²) >= 11 is 0. The summed E-state index contributed by atoms with van der Waals surface area (Å²) in [6, 6.07) is 14.2. The van der Waals surface area contributed by atoms with Gasteiger partial charge in [0.25, 0.3) is 0 Å². The van der Waals surface area contributed by atoms with Gasteiger partial charge in [0.1, 0.15) is 0 Å². The molecule has 0 bridgehead atoms. The number of fused-ring (bicyclic) bond motifs is 1. The van der Waals surface area contributed by atoms with E-state index in [4.69, 9.17) is 0 Å². The van der Waals surface area contributed by atoms with E-state index >= 15 is 0 Å². The summed E-state index contributed by atoms with van der Waals surface area (Å²) in [4.78, 5) is 12.5. The smallest absolute Gasteiger partial charge is 0.241 e. The Bertz CT molecular complexity index is 694. The summed E-state index contributed by atoms with van der Waals surface area (Å²) in [5.74, 6) is 0.0420. The molecular formula is C19H22N2O. The van der Waals surface area contributed by atoms with Crippen molar-refractivity contribution in [2.75, 3.05) is 5.32 Å². The Labute approximate surface area is 131 Å². The highest BCUT2D eigenvalue weighted by Crippen LogP contribution is 2.19. The Balaban J connectivity index is 1.71. The van der Waals surface area contributed by atoms with Gasteiger partial charge >= 0.3 is 0 Å². The number of amides is 1. The maximum atomic E-state index is 12.5. The highest BCUT2D eigenvalue weighted by atomic mass is 16.2. The average molecular weight is 294 g/mol. The van der Waals surface area contributed by atoms with E-state index in [-0.39, 0.29) is 11.9 Å². The van der Waals surface area contributed by atoms with Crippen LogP contribution >= 0.6 is 0 Å². The van der Waals surface area contributed by atoms with Gasteiger partial charge in [0.15, 0.2) is 0 Å². The maximum Gasteiger partial charge on any atom is 0.241 e. The predicted molar refractivity (Wildman–Crippen MR) is 90.0 cm³/mol. The Kier molecular flexibility index (Phi) is 4.25. The molecule has 114 valence electrons. The van der Waals surface area contributed by atoms with E-state index in [0.29, 0.717) is 0 Å². The van der Waals surface area contributed by atoms with Crippen LogP contribution in [0.2, 0.25) is 0 Å². The van der Waals surface area contributed by atoms with Gasteiger partial charge in [0.2, 0.25) is 5.91 Å². The summed E-state index contributed by atoms with van der Waals surface area (Å²) in [6.07, 6.45) is 1.72. The van der Waals surface area contributed by atoms with Crippen LogP contribution in [0.1, 0.15) is 29.2 Å². The zero-order valence-electron chi connectivity index (χ0n) is 13.1. The first kappa shape index (κ1) is 14.8. The van der Waals surface area contributed by atoms with Crippen molar-refractivity contribution in [3.05, 3.63) is 64.7 Å². The summed E-state index contributed by atoms with van der Waals surface area (Å²) in [7, 11) is 0. The molecule has 2 aromatic carbocycles. The van der Waals surface area contributed by atoms with E-state index in [2.05, 4.69) is 48.7 Å². The summed E-state index contributed by atoms with van der Waals surface area (Å²) in [6.45, 7) is 4.99. The Morgan fingerprint density at radius 2 is 2.00 bits per heavy atom. The molecule has 0 aliphatic carbocycles. The summed E-state index contributed by atoms with van der Waals surface area (Å²) < 4.78 is 0. The standard InChI is InChI=1S/C19H22N2O/c1-3-14-10-17(9-8-13(14)2)21-19(22)18-11-15-6-4-5-7-16(15)12-20-18/h4-10,18,20H,3,11-12H2,1-2H3,(H,21,22). The molecule has 0 aromatic heterocycles. The number of carbonyl (C=O) groups is 1. The largest absolute Gasteiger partial charge is 0.325 e.